The first-order valence-electron chi connectivity index (χ1n) is 8.25. The second-order valence-corrected chi connectivity index (χ2v) is 8.06. The Morgan fingerprint density at radius 1 is 0.857 bits per heavy atom. The summed E-state index contributed by atoms with van der Waals surface area (Å²) in [7, 11) is -4.06. The molecule has 4 rings (SSSR count). The molecule has 0 spiro atoms. The molecule has 0 aliphatic rings. The first-order chi connectivity index (χ1) is 13.4. The van der Waals surface area contributed by atoms with Gasteiger partial charge in [-0.25, -0.2) is 17.2 Å². The molecule has 1 N–H and O–H groups in total. The first-order valence-corrected chi connectivity index (χ1v) is 9.73. The molecule has 0 unspecified atom stereocenters. The summed E-state index contributed by atoms with van der Waals surface area (Å²) in [6, 6.07) is 14.6. The molecule has 0 radical (unpaired) electrons. The molecule has 0 saturated carbocycles. The number of benzene rings is 3. The largest absolute Gasteiger partial charge is 0.508 e. The van der Waals surface area contributed by atoms with Crippen molar-refractivity contribution in [3.8, 4) is 16.9 Å². The summed E-state index contributed by atoms with van der Waals surface area (Å²) in [5, 5.41) is 9.88. The highest BCUT2D eigenvalue weighted by Crippen LogP contribution is 2.37. The molecule has 0 fully saturated rings. The van der Waals surface area contributed by atoms with Crippen molar-refractivity contribution in [2.24, 2.45) is 0 Å². The third kappa shape index (κ3) is 2.99. The van der Waals surface area contributed by atoms with Gasteiger partial charge in [0.25, 0.3) is 0 Å². The van der Waals surface area contributed by atoms with E-state index in [9.17, 15) is 22.3 Å². The number of aromatic nitrogens is 1. The molecule has 0 saturated heterocycles. The third-order valence-corrected chi connectivity index (χ3v) is 6.16. The van der Waals surface area contributed by atoms with Gasteiger partial charge in [-0.15, -0.1) is 0 Å². The number of nitrogens with zero attached hydrogens (tertiary/aromatic N) is 1. The van der Waals surface area contributed by atoms with Gasteiger partial charge in [0, 0.05) is 17.1 Å². The maximum absolute atomic E-state index is 14.2. The lowest BCUT2D eigenvalue weighted by atomic mass is 10.0. The van der Waals surface area contributed by atoms with E-state index in [1.54, 1.807) is 18.2 Å². The summed E-state index contributed by atoms with van der Waals surface area (Å²) in [4.78, 5) is 3.77. The average molecular weight is 397 g/mol. The minimum Gasteiger partial charge on any atom is -0.508 e. The van der Waals surface area contributed by atoms with E-state index in [4.69, 9.17) is 0 Å². The highest BCUT2D eigenvalue weighted by atomic mass is 32.2. The van der Waals surface area contributed by atoms with Crippen molar-refractivity contribution in [3.63, 3.8) is 0 Å². The molecule has 0 bridgehead atoms. The molecule has 0 aliphatic carbocycles. The Morgan fingerprint density at radius 2 is 1.54 bits per heavy atom. The second kappa shape index (κ2) is 6.69. The van der Waals surface area contributed by atoms with Gasteiger partial charge in [-0.1, -0.05) is 24.3 Å². The number of rotatable bonds is 3. The molecule has 3 aromatic carbocycles. The standard InChI is InChI=1S/C21H13F2NO3S/c22-14-6-10-16(11-7-14)28(26,27)19-12-24-21-17(2-1-3-18(21)23)20(19)13-4-8-15(25)9-5-13/h1-12,25H. The molecule has 1 aromatic heterocycles. The predicted octanol–water partition coefficient (Wildman–Crippen LogP) is 4.72. The zero-order valence-electron chi connectivity index (χ0n) is 14.3. The van der Waals surface area contributed by atoms with Crippen molar-refractivity contribution < 1.29 is 22.3 Å². The fraction of sp³-hybridized carbons (Fsp3) is 0. The van der Waals surface area contributed by atoms with E-state index in [1.165, 1.54) is 36.4 Å². The van der Waals surface area contributed by atoms with Crippen molar-refractivity contribution in [2.45, 2.75) is 9.79 Å². The number of hydrogen-bond donors (Lipinski definition) is 1. The number of pyridine rings is 1. The van der Waals surface area contributed by atoms with Crippen LogP contribution in [0.4, 0.5) is 8.78 Å². The van der Waals surface area contributed by atoms with Crippen LogP contribution in [0.5, 0.6) is 5.75 Å². The molecule has 140 valence electrons. The molecule has 7 heteroatoms. The number of aromatic hydroxyl groups is 1. The lowest BCUT2D eigenvalue weighted by molar-refractivity contribution is 0.475. The minimum absolute atomic E-state index is 0.0104. The highest BCUT2D eigenvalue weighted by Gasteiger charge is 2.25. The Labute approximate surface area is 159 Å². The van der Waals surface area contributed by atoms with Crippen LogP contribution in [0.15, 0.2) is 82.7 Å². The predicted molar refractivity (Wildman–Crippen MR) is 101 cm³/mol. The van der Waals surface area contributed by atoms with Gasteiger partial charge in [-0.05, 0) is 48.0 Å². The number of sulfone groups is 1. The van der Waals surface area contributed by atoms with Crippen LogP contribution in [-0.4, -0.2) is 18.5 Å². The Balaban J connectivity index is 2.07. The smallest absolute Gasteiger partial charge is 0.208 e. The van der Waals surface area contributed by atoms with Crippen molar-refractivity contribution >= 4 is 20.7 Å². The fourth-order valence-corrected chi connectivity index (χ4v) is 4.48. The maximum atomic E-state index is 14.2. The number of fused-ring (bicyclic) bond motifs is 1. The summed E-state index contributed by atoms with van der Waals surface area (Å²) in [6.07, 6.45) is 1.10. The Kier molecular flexibility index (Phi) is 4.31. The molecular formula is C21H13F2NO3S. The van der Waals surface area contributed by atoms with Crippen molar-refractivity contribution in [1.29, 1.82) is 0 Å². The first kappa shape index (κ1) is 18.1. The summed E-state index contributed by atoms with van der Waals surface area (Å²) in [5.74, 6) is -1.13. The summed E-state index contributed by atoms with van der Waals surface area (Å²) < 4.78 is 53.9. The van der Waals surface area contributed by atoms with Crippen LogP contribution in [0.2, 0.25) is 0 Å². The lowest BCUT2D eigenvalue weighted by Crippen LogP contribution is -2.06. The van der Waals surface area contributed by atoms with Gasteiger partial charge in [0.15, 0.2) is 0 Å². The van der Waals surface area contributed by atoms with Gasteiger partial charge < -0.3 is 5.11 Å². The van der Waals surface area contributed by atoms with Crippen LogP contribution in [0.1, 0.15) is 0 Å². The van der Waals surface area contributed by atoms with Crippen LogP contribution < -0.4 is 0 Å². The zero-order valence-corrected chi connectivity index (χ0v) is 15.1. The van der Waals surface area contributed by atoms with Gasteiger partial charge >= 0.3 is 0 Å². The SMILES string of the molecule is O=S(=O)(c1ccc(F)cc1)c1cnc2c(F)cccc2c1-c1ccc(O)cc1. The van der Waals surface area contributed by atoms with Crippen LogP contribution in [-0.2, 0) is 9.84 Å². The molecular weight excluding hydrogens is 384 g/mol. The zero-order chi connectivity index (χ0) is 19.9. The normalized spacial score (nSPS) is 11.6. The van der Waals surface area contributed by atoms with E-state index in [-0.39, 0.29) is 26.6 Å². The monoisotopic (exact) mass is 397 g/mol. The minimum atomic E-state index is -4.06. The highest BCUT2D eigenvalue weighted by molar-refractivity contribution is 7.91. The molecule has 1 heterocycles. The number of hydrogen-bond acceptors (Lipinski definition) is 4. The lowest BCUT2D eigenvalue weighted by Gasteiger charge is -2.14. The van der Waals surface area contributed by atoms with E-state index in [1.807, 2.05) is 0 Å². The number of phenolic OH excluding ortho intramolecular Hbond substituents is 1. The number of para-hydroxylation sites is 1. The summed E-state index contributed by atoms with van der Waals surface area (Å²) in [5.41, 5.74) is 0.758. The number of halogens is 2. The quantitative estimate of drug-likeness (QED) is 0.508. The van der Waals surface area contributed by atoms with E-state index in [0.29, 0.717) is 10.9 Å². The maximum Gasteiger partial charge on any atom is 0.208 e. The van der Waals surface area contributed by atoms with E-state index >= 15 is 0 Å². The van der Waals surface area contributed by atoms with Crippen LogP contribution >= 0.6 is 0 Å². The Hall–Kier alpha value is -3.32. The van der Waals surface area contributed by atoms with Gasteiger partial charge in [0.1, 0.15) is 22.9 Å². The van der Waals surface area contributed by atoms with E-state index < -0.39 is 21.5 Å². The van der Waals surface area contributed by atoms with Crippen LogP contribution in [0.25, 0.3) is 22.0 Å². The third-order valence-electron chi connectivity index (χ3n) is 4.38. The molecule has 0 atom stereocenters. The number of phenols is 1. The summed E-state index contributed by atoms with van der Waals surface area (Å²) >= 11 is 0. The van der Waals surface area contributed by atoms with Crippen molar-refractivity contribution in [1.82, 2.24) is 4.98 Å². The molecule has 4 aromatic rings. The van der Waals surface area contributed by atoms with Crippen LogP contribution in [0.3, 0.4) is 0 Å². The average Bonchev–Trinajstić information content (AvgIpc) is 2.68. The summed E-state index contributed by atoms with van der Waals surface area (Å²) in [6.45, 7) is 0. The fourth-order valence-electron chi connectivity index (χ4n) is 3.04. The van der Waals surface area contributed by atoms with E-state index in [0.717, 1.165) is 18.3 Å². The molecule has 0 amide bonds. The van der Waals surface area contributed by atoms with Gasteiger partial charge in [-0.3, -0.25) is 4.98 Å². The Bertz CT molecular complexity index is 1290. The molecule has 4 nitrogen and oxygen atoms in total. The van der Waals surface area contributed by atoms with Crippen molar-refractivity contribution in [3.05, 3.63) is 84.6 Å². The van der Waals surface area contributed by atoms with Gasteiger partial charge in [0.05, 0.1) is 9.79 Å². The van der Waals surface area contributed by atoms with E-state index in [2.05, 4.69) is 4.98 Å². The molecule has 28 heavy (non-hydrogen) atoms. The topological polar surface area (TPSA) is 67.3 Å². The van der Waals surface area contributed by atoms with Gasteiger partial charge in [0.2, 0.25) is 9.84 Å². The van der Waals surface area contributed by atoms with Crippen molar-refractivity contribution in [2.75, 3.05) is 0 Å². The Morgan fingerprint density at radius 3 is 2.21 bits per heavy atom. The molecule has 0 aliphatic heterocycles. The van der Waals surface area contributed by atoms with Gasteiger partial charge in [-0.2, -0.15) is 0 Å². The second-order valence-electron chi connectivity index (χ2n) is 6.14. The van der Waals surface area contributed by atoms with Crippen LogP contribution in [0, 0.1) is 11.6 Å².